The Labute approximate surface area is 108 Å². The second kappa shape index (κ2) is 5.38. The molecule has 0 aliphatic carbocycles. The number of nitrogens with zero attached hydrogens (tertiary/aromatic N) is 2. The first-order valence-corrected chi connectivity index (χ1v) is 6.53. The van der Waals surface area contributed by atoms with E-state index in [-0.39, 0.29) is 0 Å². The predicted octanol–water partition coefficient (Wildman–Crippen LogP) is 2.71. The summed E-state index contributed by atoms with van der Waals surface area (Å²) in [6, 6.07) is 1.89. The standard InChI is InChI=1S/C14H20N2O2/c1-10-4-3-6-16(7-5-10)13-8-11(2)15-9-12(13)14(17)18/h8-10H,3-7H2,1-2H3,(H,17,18). The Morgan fingerprint density at radius 2 is 2.22 bits per heavy atom. The molecule has 1 aromatic rings. The summed E-state index contributed by atoms with van der Waals surface area (Å²) in [5.74, 6) is -0.166. The summed E-state index contributed by atoms with van der Waals surface area (Å²) in [6.45, 7) is 6.04. The molecule has 2 rings (SSSR count). The van der Waals surface area contributed by atoms with Crippen molar-refractivity contribution < 1.29 is 9.90 Å². The van der Waals surface area contributed by atoms with Crippen LogP contribution in [0, 0.1) is 12.8 Å². The van der Waals surface area contributed by atoms with E-state index >= 15 is 0 Å². The first-order valence-electron chi connectivity index (χ1n) is 6.53. The highest BCUT2D eigenvalue weighted by Crippen LogP contribution is 2.25. The molecule has 1 N–H and O–H groups in total. The summed E-state index contributed by atoms with van der Waals surface area (Å²) in [4.78, 5) is 17.5. The number of aryl methyl sites for hydroxylation is 1. The van der Waals surface area contributed by atoms with Crippen LogP contribution in [0.3, 0.4) is 0 Å². The summed E-state index contributed by atoms with van der Waals surface area (Å²) >= 11 is 0. The van der Waals surface area contributed by atoms with Crippen molar-refractivity contribution in [1.82, 2.24) is 4.98 Å². The molecule has 0 spiro atoms. The molecule has 0 saturated carbocycles. The van der Waals surface area contributed by atoms with Crippen LogP contribution in [-0.2, 0) is 0 Å². The monoisotopic (exact) mass is 248 g/mol. The van der Waals surface area contributed by atoms with Gasteiger partial charge in [0.15, 0.2) is 0 Å². The average Bonchev–Trinajstić information content (AvgIpc) is 2.53. The molecule has 1 fully saturated rings. The van der Waals surface area contributed by atoms with Gasteiger partial charge in [0.2, 0.25) is 0 Å². The minimum atomic E-state index is -0.894. The Kier molecular flexibility index (Phi) is 3.84. The van der Waals surface area contributed by atoms with Gasteiger partial charge in [0, 0.05) is 25.0 Å². The fourth-order valence-corrected chi connectivity index (χ4v) is 2.48. The average molecular weight is 248 g/mol. The van der Waals surface area contributed by atoms with Gasteiger partial charge in [-0.05, 0) is 38.2 Å². The highest BCUT2D eigenvalue weighted by molar-refractivity contribution is 5.94. The van der Waals surface area contributed by atoms with Crippen molar-refractivity contribution in [1.29, 1.82) is 0 Å². The topological polar surface area (TPSA) is 53.4 Å². The molecule has 4 heteroatoms. The van der Waals surface area contributed by atoms with Crippen LogP contribution in [0.25, 0.3) is 0 Å². The molecule has 4 nitrogen and oxygen atoms in total. The molecule has 0 amide bonds. The van der Waals surface area contributed by atoms with Gasteiger partial charge in [-0.25, -0.2) is 4.79 Å². The van der Waals surface area contributed by atoms with E-state index in [0.29, 0.717) is 5.56 Å². The van der Waals surface area contributed by atoms with Gasteiger partial charge >= 0.3 is 5.97 Å². The maximum absolute atomic E-state index is 11.3. The number of pyridine rings is 1. The maximum Gasteiger partial charge on any atom is 0.339 e. The highest BCUT2D eigenvalue weighted by atomic mass is 16.4. The minimum Gasteiger partial charge on any atom is -0.478 e. The molecule has 1 unspecified atom stereocenters. The van der Waals surface area contributed by atoms with Gasteiger partial charge in [0.25, 0.3) is 0 Å². The number of hydrogen-bond acceptors (Lipinski definition) is 3. The molecule has 98 valence electrons. The number of rotatable bonds is 2. The van der Waals surface area contributed by atoms with E-state index in [4.69, 9.17) is 0 Å². The van der Waals surface area contributed by atoms with Crippen molar-refractivity contribution in [3.8, 4) is 0 Å². The smallest absolute Gasteiger partial charge is 0.339 e. The van der Waals surface area contributed by atoms with E-state index in [0.717, 1.165) is 43.2 Å². The summed E-state index contributed by atoms with van der Waals surface area (Å²) < 4.78 is 0. The van der Waals surface area contributed by atoms with E-state index in [9.17, 15) is 9.90 Å². The van der Waals surface area contributed by atoms with Gasteiger partial charge in [-0.15, -0.1) is 0 Å². The third-order valence-corrected chi connectivity index (χ3v) is 3.61. The van der Waals surface area contributed by atoms with Crippen molar-refractivity contribution in [2.24, 2.45) is 5.92 Å². The second-order valence-corrected chi connectivity index (χ2v) is 5.17. The van der Waals surface area contributed by atoms with E-state index in [2.05, 4.69) is 16.8 Å². The van der Waals surface area contributed by atoms with Crippen LogP contribution >= 0.6 is 0 Å². The highest BCUT2D eigenvalue weighted by Gasteiger charge is 2.19. The lowest BCUT2D eigenvalue weighted by atomic mass is 10.0. The second-order valence-electron chi connectivity index (χ2n) is 5.17. The summed E-state index contributed by atoms with van der Waals surface area (Å²) in [6.07, 6.45) is 4.95. The zero-order valence-corrected chi connectivity index (χ0v) is 11.0. The Balaban J connectivity index is 2.30. The first kappa shape index (κ1) is 12.9. The van der Waals surface area contributed by atoms with E-state index in [1.165, 1.54) is 12.6 Å². The maximum atomic E-state index is 11.3. The van der Waals surface area contributed by atoms with Crippen LogP contribution in [0.2, 0.25) is 0 Å². The quantitative estimate of drug-likeness (QED) is 0.874. The van der Waals surface area contributed by atoms with Crippen molar-refractivity contribution in [2.45, 2.75) is 33.1 Å². The lowest BCUT2D eigenvalue weighted by molar-refractivity contribution is 0.0697. The van der Waals surface area contributed by atoms with Gasteiger partial charge in [0.1, 0.15) is 5.56 Å². The summed E-state index contributed by atoms with van der Waals surface area (Å²) in [5, 5.41) is 9.24. The van der Waals surface area contributed by atoms with Crippen molar-refractivity contribution >= 4 is 11.7 Å². The van der Waals surface area contributed by atoms with Crippen LogP contribution < -0.4 is 4.90 Å². The Bertz CT molecular complexity index is 445. The lowest BCUT2D eigenvalue weighted by Gasteiger charge is -2.24. The molecular weight excluding hydrogens is 228 g/mol. The number of anilines is 1. The predicted molar refractivity (Wildman–Crippen MR) is 71.2 cm³/mol. The fourth-order valence-electron chi connectivity index (χ4n) is 2.48. The number of carbonyl (C=O) groups is 1. The molecule has 18 heavy (non-hydrogen) atoms. The molecule has 0 radical (unpaired) electrons. The molecule has 1 aliphatic heterocycles. The van der Waals surface area contributed by atoms with Gasteiger partial charge in [-0.2, -0.15) is 0 Å². The minimum absolute atomic E-state index is 0.315. The Hall–Kier alpha value is -1.58. The van der Waals surface area contributed by atoms with Gasteiger partial charge in [-0.1, -0.05) is 6.92 Å². The Morgan fingerprint density at radius 1 is 1.44 bits per heavy atom. The first-order chi connectivity index (χ1) is 8.58. The summed E-state index contributed by atoms with van der Waals surface area (Å²) in [5.41, 5.74) is 2.01. The third-order valence-electron chi connectivity index (χ3n) is 3.61. The lowest BCUT2D eigenvalue weighted by Crippen LogP contribution is -2.26. The van der Waals surface area contributed by atoms with Crippen molar-refractivity contribution in [3.63, 3.8) is 0 Å². The zero-order chi connectivity index (χ0) is 13.1. The normalized spacial score (nSPS) is 20.6. The van der Waals surface area contributed by atoms with Gasteiger partial charge < -0.3 is 10.0 Å². The number of carboxylic acid groups (broad SMARTS) is 1. The van der Waals surface area contributed by atoms with Crippen molar-refractivity contribution in [3.05, 3.63) is 23.5 Å². The molecule has 2 heterocycles. The largest absolute Gasteiger partial charge is 0.478 e. The molecule has 0 aromatic carbocycles. The molecule has 1 atom stereocenters. The van der Waals surface area contributed by atoms with E-state index in [1.54, 1.807) is 0 Å². The van der Waals surface area contributed by atoms with E-state index < -0.39 is 5.97 Å². The number of hydrogen-bond donors (Lipinski definition) is 1. The van der Waals surface area contributed by atoms with Crippen LogP contribution in [0.15, 0.2) is 12.3 Å². The SMILES string of the molecule is Cc1cc(N2CCCC(C)CC2)c(C(=O)O)cn1. The number of aromatic carboxylic acids is 1. The molecular formula is C14H20N2O2. The third kappa shape index (κ3) is 2.81. The van der Waals surface area contributed by atoms with Gasteiger partial charge in [0.05, 0.1) is 5.69 Å². The summed E-state index contributed by atoms with van der Waals surface area (Å²) in [7, 11) is 0. The van der Waals surface area contributed by atoms with Crippen LogP contribution in [0.1, 0.15) is 42.2 Å². The van der Waals surface area contributed by atoms with Crippen LogP contribution in [-0.4, -0.2) is 29.1 Å². The van der Waals surface area contributed by atoms with Gasteiger partial charge in [-0.3, -0.25) is 4.98 Å². The van der Waals surface area contributed by atoms with Crippen LogP contribution in [0.5, 0.6) is 0 Å². The molecule has 0 bridgehead atoms. The van der Waals surface area contributed by atoms with Crippen LogP contribution in [0.4, 0.5) is 5.69 Å². The van der Waals surface area contributed by atoms with Crippen molar-refractivity contribution in [2.75, 3.05) is 18.0 Å². The number of carboxylic acids is 1. The molecule has 1 saturated heterocycles. The molecule has 1 aromatic heterocycles. The fraction of sp³-hybridized carbons (Fsp3) is 0.571. The number of aromatic nitrogens is 1. The zero-order valence-electron chi connectivity index (χ0n) is 11.0. The molecule has 1 aliphatic rings. The Morgan fingerprint density at radius 3 is 2.94 bits per heavy atom. The van der Waals surface area contributed by atoms with E-state index in [1.807, 2.05) is 13.0 Å².